The Morgan fingerprint density at radius 2 is 2.19 bits per heavy atom. The highest BCUT2D eigenvalue weighted by Crippen LogP contribution is 2.47. The summed E-state index contributed by atoms with van der Waals surface area (Å²) in [6.07, 6.45) is 2.29. The lowest BCUT2D eigenvalue weighted by atomic mass is 9.82. The van der Waals surface area contributed by atoms with E-state index in [9.17, 15) is 14.7 Å². The van der Waals surface area contributed by atoms with Crippen LogP contribution in [0.1, 0.15) is 40.5 Å². The van der Waals surface area contributed by atoms with Crippen LogP contribution in [0.3, 0.4) is 0 Å². The summed E-state index contributed by atoms with van der Waals surface area (Å²) in [5.74, 6) is -1.43. The fourth-order valence-corrected chi connectivity index (χ4v) is 3.70. The third kappa shape index (κ3) is 3.35. The van der Waals surface area contributed by atoms with Crippen molar-refractivity contribution in [1.29, 1.82) is 0 Å². The summed E-state index contributed by atoms with van der Waals surface area (Å²) in [7, 11) is 0. The fourth-order valence-electron chi connectivity index (χ4n) is 3.70. The van der Waals surface area contributed by atoms with Crippen molar-refractivity contribution in [3.8, 4) is 0 Å². The minimum atomic E-state index is -0.667. The maximum atomic E-state index is 12.4. The average Bonchev–Trinajstić information content (AvgIpc) is 3.11. The molecule has 1 aliphatic carbocycles. The molecular formula is C20H26O6. The summed E-state index contributed by atoms with van der Waals surface area (Å²) in [6, 6.07) is 0. The molecular weight excluding hydrogens is 336 g/mol. The first-order valence-electron chi connectivity index (χ1n) is 8.94. The molecule has 0 saturated carbocycles. The van der Waals surface area contributed by atoms with Crippen LogP contribution in [-0.4, -0.2) is 47.1 Å². The molecule has 0 aromatic rings. The first-order valence-corrected chi connectivity index (χ1v) is 8.94. The Hall–Kier alpha value is -1.92. The first kappa shape index (κ1) is 18.9. The van der Waals surface area contributed by atoms with Crippen molar-refractivity contribution in [3.63, 3.8) is 0 Å². The zero-order valence-electron chi connectivity index (χ0n) is 15.7. The van der Waals surface area contributed by atoms with E-state index in [-0.39, 0.29) is 11.7 Å². The van der Waals surface area contributed by atoms with Gasteiger partial charge in [-0.15, -0.1) is 0 Å². The number of esters is 2. The summed E-state index contributed by atoms with van der Waals surface area (Å²) in [6.45, 7) is 11.0. The van der Waals surface area contributed by atoms with Crippen LogP contribution in [-0.2, 0) is 23.8 Å². The molecule has 0 unspecified atom stereocenters. The molecule has 2 aliphatic heterocycles. The van der Waals surface area contributed by atoms with Gasteiger partial charge in [0.25, 0.3) is 0 Å². The Kier molecular flexibility index (Phi) is 4.84. The largest absolute Gasteiger partial charge is 0.458 e. The molecule has 0 amide bonds. The molecule has 2 heterocycles. The predicted octanol–water partition coefficient (Wildman–Crippen LogP) is 2.22. The molecule has 0 aromatic carbocycles. The molecule has 0 radical (unpaired) electrons. The predicted molar refractivity (Wildman–Crippen MR) is 94.1 cm³/mol. The maximum Gasteiger partial charge on any atom is 0.334 e. The SMILES string of the molecule is C=C1C(=O)O[C@@H]2C=C(C)[C@H](O)C[C@H]3O[C@]3(C)C[C@@H](OC(=O)C(C)=CC)[C@@H]12. The van der Waals surface area contributed by atoms with E-state index in [2.05, 4.69) is 6.58 Å². The number of hydrogen-bond donors (Lipinski definition) is 1. The number of carbonyl (C=O) groups is 2. The highest BCUT2D eigenvalue weighted by Gasteiger charge is 2.57. The van der Waals surface area contributed by atoms with Gasteiger partial charge in [-0.1, -0.05) is 12.7 Å². The number of aliphatic hydroxyl groups excluding tert-OH is 1. The smallest absolute Gasteiger partial charge is 0.334 e. The van der Waals surface area contributed by atoms with Gasteiger partial charge in [-0.3, -0.25) is 0 Å². The molecule has 3 aliphatic rings. The lowest BCUT2D eigenvalue weighted by Gasteiger charge is -2.29. The number of fused-ring (bicyclic) bond motifs is 2. The monoisotopic (exact) mass is 362 g/mol. The van der Waals surface area contributed by atoms with Gasteiger partial charge in [0.15, 0.2) is 0 Å². The van der Waals surface area contributed by atoms with Crippen LogP contribution in [0.25, 0.3) is 0 Å². The Morgan fingerprint density at radius 3 is 2.85 bits per heavy atom. The lowest BCUT2D eigenvalue weighted by Crippen LogP contribution is -2.37. The highest BCUT2D eigenvalue weighted by molar-refractivity contribution is 5.92. The molecule has 2 saturated heterocycles. The van der Waals surface area contributed by atoms with Crippen molar-refractivity contribution < 1.29 is 28.9 Å². The molecule has 142 valence electrons. The number of carbonyl (C=O) groups excluding carboxylic acids is 2. The standard InChI is InChI=1S/C20H26O6/c1-6-10(2)18(22)25-15-9-20(5)16(26-20)8-13(21)11(3)7-14-17(15)12(4)19(23)24-14/h6-7,13-17,21H,4,8-9H2,1-3,5H3/t13-,14-,15-,16-,17+,20-/m1/s1. The normalized spacial score (nSPS) is 40.1. The molecule has 0 spiro atoms. The summed E-state index contributed by atoms with van der Waals surface area (Å²) in [5.41, 5.74) is 0.974. The minimum Gasteiger partial charge on any atom is -0.458 e. The van der Waals surface area contributed by atoms with E-state index in [1.54, 1.807) is 32.9 Å². The summed E-state index contributed by atoms with van der Waals surface area (Å²) < 4.78 is 17.0. The number of epoxide rings is 1. The molecule has 6 atom stereocenters. The quantitative estimate of drug-likeness (QED) is 0.351. The number of aliphatic hydroxyl groups is 1. The van der Waals surface area contributed by atoms with E-state index >= 15 is 0 Å². The van der Waals surface area contributed by atoms with E-state index in [0.717, 1.165) is 0 Å². The molecule has 0 bridgehead atoms. The summed E-state index contributed by atoms with van der Waals surface area (Å²) >= 11 is 0. The Balaban J connectivity index is 1.98. The molecule has 2 fully saturated rings. The van der Waals surface area contributed by atoms with E-state index < -0.39 is 41.8 Å². The minimum absolute atomic E-state index is 0.118. The van der Waals surface area contributed by atoms with Gasteiger partial charge in [0.05, 0.1) is 23.7 Å². The zero-order chi connectivity index (χ0) is 19.2. The second kappa shape index (κ2) is 6.67. The Morgan fingerprint density at radius 1 is 1.50 bits per heavy atom. The molecule has 6 nitrogen and oxygen atoms in total. The van der Waals surface area contributed by atoms with Gasteiger partial charge in [-0.05, 0) is 39.3 Å². The maximum absolute atomic E-state index is 12.4. The van der Waals surface area contributed by atoms with Crippen LogP contribution in [0.15, 0.2) is 35.5 Å². The van der Waals surface area contributed by atoms with Crippen molar-refractivity contribution in [1.82, 2.24) is 0 Å². The first-order chi connectivity index (χ1) is 12.2. The van der Waals surface area contributed by atoms with Crippen molar-refractivity contribution in [3.05, 3.63) is 35.5 Å². The van der Waals surface area contributed by atoms with Crippen molar-refractivity contribution in [2.75, 3.05) is 0 Å². The summed E-state index contributed by atoms with van der Waals surface area (Å²) in [5, 5.41) is 10.4. The van der Waals surface area contributed by atoms with Gasteiger partial charge in [-0.25, -0.2) is 9.59 Å². The molecule has 26 heavy (non-hydrogen) atoms. The van der Waals surface area contributed by atoms with E-state index in [1.807, 2.05) is 6.92 Å². The van der Waals surface area contributed by atoms with Crippen molar-refractivity contribution >= 4 is 11.9 Å². The third-order valence-electron chi connectivity index (χ3n) is 5.71. The zero-order valence-corrected chi connectivity index (χ0v) is 15.7. The second-order valence-corrected chi connectivity index (χ2v) is 7.62. The van der Waals surface area contributed by atoms with E-state index in [0.29, 0.717) is 24.0 Å². The van der Waals surface area contributed by atoms with Crippen molar-refractivity contribution in [2.24, 2.45) is 5.92 Å². The third-order valence-corrected chi connectivity index (χ3v) is 5.71. The van der Waals surface area contributed by atoms with Gasteiger partial charge < -0.3 is 19.3 Å². The Bertz CT molecular complexity index is 705. The van der Waals surface area contributed by atoms with Crippen LogP contribution in [0.4, 0.5) is 0 Å². The van der Waals surface area contributed by atoms with E-state index in [1.165, 1.54) is 0 Å². The number of rotatable bonds is 2. The number of hydrogen-bond acceptors (Lipinski definition) is 6. The molecule has 6 heteroatoms. The van der Waals surface area contributed by atoms with Crippen LogP contribution in [0.2, 0.25) is 0 Å². The van der Waals surface area contributed by atoms with E-state index in [4.69, 9.17) is 14.2 Å². The highest BCUT2D eigenvalue weighted by atomic mass is 16.6. The lowest BCUT2D eigenvalue weighted by molar-refractivity contribution is -0.148. The van der Waals surface area contributed by atoms with Crippen LogP contribution in [0.5, 0.6) is 0 Å². The number of ether oxygens (including phenoxy) is 3. The molecule has 1 N–H and O–H groups in total. The second-order valence-electron chi connectivity index (χ2n) is 7.62. The average molecular weight is 362 g/mol. The van der Waals surface area contributed by atoms with Crippen LogP contribution in [0, 0.1) is 5.92 Å². The fraction of sp³-hybridized carbons (Fsp3) is 0.600. The van der Waals surface area contributed by atoms with Gasteiger partial charge in [-0.2, -0.15) is 0 Å². The van der Waals surface area contributed by atoms with Crippen molar-refractivity contribution in [2.45, 2.75) is 70.6 Å². The van der Waals surface area contributed by atoms with Gasteiger partial charge in [0.1, 0.15) is 12.2 Å². The van der Waals surface area contributed by atoms with Crippen LogP contribution < -0.4 is 0 Å². The van der Waals surface area contributed by atoms with Gasteiger partial charge >= 0.3 is 11.9 Å². The van der Waals surface area contributed by atoms with Crippen LogP contribution >= 0.6 is 0 Å². The summed E-state index contributed by atoms with van der Waals surface area (Å²) in [4.78, 5) is 24.5. The molecule has 3 rings (SSSR count). The topological polar surface area (TPSA) is 85.4 Å². The van der Waals surface area contributed by atoms with Gasteiger partial charge in [0.2, 0.25) is 0 Å². The van der Waals surface area contributed by atoms with Gasteiger partial charge in [0, 0.05) is 24.0 Å². The Labute approximate surface area is 153 Å². The number of allylic oxidation sites excluding steroid dienone is 1. The molecule has 0 aromatic heterocycles.